The molecule has 2 nitrogen and oxygen atoms in total. The molecule has 1 aliphatic heterocycles. The summed E-state index contributed by atoms with van der Waals surface area (Å²) in [6.07, 6.45) is 5.77. The van der Waals surface area contributed by atoms with Crippen molar-refractivity contribution in [3.05, 3.63) is 6.61 Å². The van der Waals surface area contributed by atoms with Crippen LogP contribution in [0.5, 0.6) is 0 Å². The lowest BCUT2D eigenvalue weighted by molar-refractivity contribution is -0.125. The molecule has 2 atom stereocenters. The van der Waals surface area contributed by atoms with Gasteiger partial charge < -0.3 is 9.47 Å². The van der Waals surface area contributed by atoms with Crippen LogP contribution in [0, 0.1) is 6.61 Å². The minimum atomic E-state index is 0.377. The van der Waals surface area contributed by atoms with Crippen LogP contribution in [0.15, 0.2) is 0 Å². The van der Waals surface area contributed by atoms with Crippen LogP contribution in [-0.4, -0.2) is 18.8 Å². The van der Waals surface area contributed by atoms with E-state index in [1.807, 2.05) is 0 Å². The predicted molar refractivity (Wildman–Crippen MR) is 37.4 cm³/mol. The van der Waals surface area contributed by atoms with Crippen molar-refractivity contribution in [2.24, 2.45) is 0 Å². The van der Waals surface area contributed by atoms with E-state index in [0.29, 0.717) is 18.8 Å². The largest absolute Gasteiger partial charge is 0.373 e. The van der Waals surface area contributed by atoms with Crippen molar-refractivity contribution in [2.75, 3.05) is 6.61 Å². The average molecular weight is 141 g/mol. The minimum Gasteiger partial charge on any atom is -0.373 e. The maximum Gasteiger partial charge on any atom is 0.110 e. The summed E-state index contributed by atoms with van der Waals surface area (Å²) in [6, 6.07) is 0. The number of fused-ring (bicyclic) bond motifs is 1. The van der Waals surface area contributed by atoms with Gasteiger partial charge in [0.15, 0.2) is 0 Å². The fourth-order valence-electron chi connectivity index (χ4n) is 1.73. The smallest absolute Gasteiger partial charge is 0.110 e. The van der Waals surface area contributed by atoms with Gasteiger partial charge in [0.1, 0.15) is 6.61 Å². The number of ether oxygens (including phenoxy) is 2. The predicted octanol–water partition coefficient (Wildman–Crippen LogP) is 1.51. The van der Waals surface area contributed by atoms with E-state index in [1.165, 1.54) is 25.7 Å². The molecule has 2 fully saturated rings. The Kier molecular flexibility index (Phi) is 1.91. The van der Waals surface area contributed by atoms with E-state index in [2.05, 4.69) is 0 Å². The summed E-state index contributed by atoms with van der Waals surface area (Å²) in [5.41, 5.74) is 0. The number of hydrogen-bond acceptors (Lipinski definition) is 2. The van der Waals surface area contributed by atoms with Crippen LogP contribution in [-0.2, 0) is 9.47 Å². The van der Waals surface area contributed by atoms with E-state index in [1.54, 1.807) is 6.61 Å². The molecule has 0 N–H and O–H groups in total. The molecule has 0 bridgehead atoms. The Morgan fingerprint density at radius 2 is 1.90 bits per heavy atom. The first kappa shape index (κ1) is 6.62. The standard InChI is InChI=1S/C8H13O2/c1-2-4-8-7(3-1)9-5-6-10-8/h5,7-8H,1-4,6H2. The lowest BCUT2D eigenvalue weighted by Gasteiger charge is -2.34. The molecule has 1 saturated heterocycles. The third-order valence-electron chi connectivity index (χ3n) is 2.29. The van der Waals surface area contributed by atoms with E-state index in [9.17, 15) is 0 Å². The quantitative estimate of drug-likeness (QED) is 0.509. The Balaban J connectivity index is 1.93. The zero-order valence-electron chi connectivity index (χ0n) is 6.08. The lowest BCUT2D eigenvalue weighted by atomic mass is 9.94. The first-order valence-corrected chi connectivity index (χ1v) is 4.05. The topological polar surface area (TPSA) is 18.5 Å². The van der Waals surface area contributed by atoms with Crippen LogP contribution in [0.25, 0.3) is 0 Å². The Labute approximate surface area is 61.5 Å². The second kappa shape index (κ2) is 2.89. The highest BCUT2D eigenvalue weighted by atomic mass is 16.6. The summed E-state index contributed by atoms with van der Waals surface area (Å²) in [5.74, 6) is 0. The van der Waals surface area contributed by atoms with Crippen LogP contribution in [0.3, 0.4) is 0 Å². The normalized spacial score (nSPS) is 40.8. The molecular formula is C8H13O2. The lowest BCUT2D eigenvalue weighted by Crippen LogP contribution is -2.38. The molecule has 1 heterocycles. The summed E-state index contributed by atoms with van der Waals surface area (Å²) in [7, 11) is 0. The van der Waals surface area contributed by atoms with E-state index < -0.39 is 0 Å². The van der Waals surface area contributed by atoms with Crippen LogP contribution >= 0.6 is 0 Å². The van der Waals surface area contributed by atoms with Crippen molar-refractivity contribution in [3.8, 4) is 0 Å². The van der Waals surface area contributed by atoms with Gasteiger partial charge in [0.2, 0.25) is 0 Å². The monoisotopic (exact) mass is 141 g/mol. The van der Waals surface area contributed by atoms with E-state index >= 15 is 0 Å². The zero-order valence-corrected chi connectivity index (χ0v) is 6.08. The maximum atomic E-state index is 5.50. The number of hydrogen-bond donors (Lipinski definition) is 0. The molecule has 2 heteroatoms. The fraction of sp³-hybridized carbons (Fsp3) is 0.875. The third-order valence-corrected chi connectivity index (χ3v) is 2.29. The molecule has 0 aromatic carbocycles. The van der Waals surface area contributed by atoms with Crippen LogP contribution in [0.2, 0.25) is 0 Å². The first-order chi connectivity index (χ1) is 4.97. The van der Waals surface area contributed by atoms with Gasteiger partial charge in [0, 0.05) is 0 Å². The summed E-state index contributed by atoms with van der Waals surface area (Å²) >= 11 is 0. The summed E-state index contributed by atoms with van der Waals surface area (Å²) < 4.78 is 10.9. The molecule has 0 amide bonds. The first-order valence-electron chi connectivity index (χ1n) is 4.05. The van der Waals surface area contributed by atoms with Gasteiger partial charge in [0.25, 0.3) is 0 Å². The second-order valence-electron chi connectivity index (χ2n) is 3.00. The van der Waals surface area contributed by atoms with Gasteiger partial charge in [-0.1, -0.05) is 12.8 Å². The molecule has 1 aliphatic carbocycles. The Bertz CT molecular complexity index is 87.8. The van der Waals surface area contributed by atoms with Crippen molar-refractivity contribution in [2.45, 2.75) is 37.9 Å². The van der Waals surface area contributed by atoms with Crippen molar-refractivity contribution >= 4 is 0 Å². The third kappa shape index (κ3) is 1.18. The summed E-state index contributed by atoms with van der Waals surface area (Å²) in [6.45, 7) is 2.47. The van der Waals surface area contributed by atoms with Gasteiger partial charge in [-0.3, -0.25) is 0 Å². The maximum absolute atomic E-state index is 5.50. The van der Waals surface area contributed by atoms with Crippen molar-refractivity contribution in [3.63, 3.8) is 0 Å². The number of rotatable bonds is 0. The fourth-order valence-corrected chi connectivity index (χ4v) is 1.73. The highest BCUT2D eigenvalue weighted by molar-refractivity contribution is 4.80. The molecule has 2 aliphatic rings. The highest BCUT2D eigenvalue weighted by Crippen LogP contribution is 2.26. The molecule has 0 aromatic rings. The molecule has 1 radical (unpaired) electrons. The van der Waals surface area contributed by atoms with E-state index in [4.69, 9.17) is 9.47 Å². The van der Waals surface area contributed by atoms with Gasteiger partial charge in [-0.05, 0) is 12.8 Å². The zero-order chi connectivity index (χ0) is 6.81. The van der Waals surface area contributed by atoms with Gasteiger partial charge in [-0.25, -0.2) is 0 Å². The summed E-state index contributed by atoms with van der Waals surface area (Å²) in [5, 5.41) is 0. The molecule has 2 rings (SSSR count). The minimum absolute atomic E-state index is 0.377. The molecule has 2 unspecified atom stereocenters. The highest BCUT2D eigenvalue weighted by Gasteiger charge is 2.29. The average Bonchev–Trinajstić information content (AvgIpc) is 2.05. The summed E-state index contributed by atoms with van der Waals surface area (Å²) in [4.78, 5) is 0. The molecule has 57 valence electrons. The molecule has 1 saturated carbocycles. The van der Waals surface area contributed by atoms with Crippen molar-refractivity contribution < 1.29 is 9.47 Å². The molecule has 0 aromatic heterocycles. The Morgan fingerprint density at radius 3 is 2.70 bits per heavy atom. The second-order valence-corrected chi connectivity index (χ2v) is 3.00. The van der Waals surface area contributed by atoms with Gasteiger partial charge in [-0.2, -0.15) is 0 Å². The van der Waals surface area contributed by atoms with Gasteiger partial charge >= 0.3 is 0 Å². The Morgan fingerprint density at radius 1 is 1.10 bits per heavy atom. The van der Waals surface area contributed by atoms with Gasteiger partial charge in [-0.15, -0.1) is 0 Å². The van der Waals surface area contributed by atoms with E-state index in [0.717, 1.165) is 0 Å². The van der Waals surface area contributed by atoms with E-state index in [-0.39, 0.29) is 0 Å². The van der Waals surface area contributed by atoms with Crippen LogP contribution in [0.1, 0.15) is 25.7 Å². The SMILES string of the molecule is [CH]1COC2CCCCC2O1. The van der Waals surface area contributed by atoms with Crippen LogP contribution < -0.4 is 0 Å². The van der Waals surface area contributed by atoms with Crippen LogP contribution in [0.4, 0.5) is 0 Å². The Hall–Kier alpha value is -0.0800. The molecule has 10 heavy (non-hydrogen) atoms. The van der Waals surface area contributed by atoms with Crippen molar-refractivity contribution in [1.29, 1.82) is 0 Å². The molecular weight excluding hydrogens is 128 g/mol. The van der Waals surface area contributed by atoms with Gasteiger partial charge in [0.05, 0.1) is 18.8 Å². The van der Waals surface area contributed by atoms with Crippen molar-refractivity contribution in [1.82, 2.24) is 0 Å². The molecule has 0 spiro atoms.